The van der Waals surface area contributed by atoms with Crippen molar-refractivity contribution in [1.29, 1.82) is 0 Å². The third-order valence-corrected chi connectivity index (χ3v) is 2.93. The van der Waals surface area contributed by atoms with E-state index in [0.29, 0.717) is 11.2 Å². The van der Waals surface area contributed by atoms with Crippen molar-refractivity contribution in [3.05, 3.63) is 16.5 Å². The van der Waals surface area contributed by atoms with E-state index in [1.54, 1.807) is 0 Å². The van der Waals surface area contributed by atoms with Gasteiger partial charge in [0.2, 0.25) is 0 Å². The van der Waals surface area contributed by atoms with Crippen molar-refractivity contribution in [2.24, 2.45) is 0 Å². The molecule has 1 aliphatic carbocycles. The van der Waals surface area contributed by atoms with Gasteiger partial charge in [-0.1, -0.05) is 11.6 Å². The maximum absolute atomic E-state index is 6.05. The molecule has 0 amide bonds. The van der Waals surface area contributed by atoms with Crippen LogP contribution in [0.3, 0.4) is 0 Å². The smallest absolute Gasteiger partial charge is 0.171 e. The van der Waals surface area contributed by atoms with Crippen molar-refractivity contribution in [3.8, 4) is 0 Å². The molecule has 76 valence electrons. The summed E-state index contributed by atoms with van der Waals surface area (Å²) in [6.07, 6.45) is 2.48. The molecule has 1 saturated carbocycles. The van der Waals surface area contributed by atoms with Gasteiger partial charge in [0, 0.05) is 13.1 Å². The summed E-state index contributed by atoms with van der Waals surface area (Å²) in [5.74, 6) is 0.817. The molecule has 0 spiro atoms. The number of hydrogen-bond donors (Lipinski definition) is 0. The van der Waals surface area contributed by atoms with Gasteiger partial charge in [0.05, 0.1) is 11.4 Å². The molecule has 1 heterocycles. The van der Waals surface area contributed by atoms with Crippen molar-refractivity contribution in [2.45, 2.75) is 32.7 Å². The van der Waals surface area contributed by atoms with Crippen molar-refractivity contribution in [1.82, 2.24) is 9.97 Å². The molecule has 0 aliphatic heterocycles. The Morgan fingerprint density at radius 1 is 1.21 bits per heavy atom. The number of rotatable bonds is 2. The third kappa shape index (κ3) is 1.69. The molecule has 0 aromatic carbocycles. The normalized spacial score (nSPS) is 15.7. The van der Waals surface area contributed by atoms with Crippen LogP contribution < -0.4 is 4.90 Å². The molecule has 1 aromatic heterocycles. The molecule has 0 unspecified atom stereocenters. The highest BCUT2D eigenvalue weighted by Gasteiger charge is 2.28. The lowest BCUT2D eigenvalue weighted by atomic mass is 10.3. The average Bonchev–Trinajstić information content (AvgIpc) is 2.93. The van der Waals surface area contributed by atoms with E-state index in [2.05, 4.69) is 14.9 Å². The molecule has 0 radical (unpaired) electrons. The van der Waals surface area contributed by atoms with Gasteiger partial charge in [-0.2, -0.15) is 0 Å². The number of aromatic nitrogens is 2. The molecular formula is C10H14ClN3. The second-order valence-corrected chi connectivity index (χ2v) is 4.21. The minimum atomic E-state index is 0.516. The summed E-state index contributed by atoms with van der Waals surface area (Å²) in [6, 6.07) is 0.615. The molecular weight excluding hydrogens is 198 g/mol. The van der Waals surface area contributed by atoms with Gasteiger partial charge in [-0.15, -0.1) is 0 Å². The van der Waals surface area contributed by atoms with E-state index in [4.69, 9.17) is 11.6 Å². The highest BCUT2D eigenvalue weighted by atomic mass is 35.5. The first-order valence-electron chi connectivity index (χ1n) is 4.83. The lowest BCUT2D eigenvalue weighted by Gasteiger charge is -2.18. The summed E-state index contributed by atoms with van der Waals surface area (Å²) in [6.45, 7) is 3.89. The fraction of sp³-hybridized carbons (Fsp3) is 0.600. The van der Waals surface area contributed by atoms with Gasteiger partial charge < -0.3 is 4.90 Å². The highest BCUT2D eigenvalue weighted by molar-refractivity contribution is 6.31. The second-order valence-electron chi connectivity index (χ2n) is 3.85. The van der Waals surface area contributed by atoms with Gasteiger partial charge in [-0.25, -0.2) is 9.97 Å². The van der Waals surface area contributed by atoms with Gasteiger partial charge in [0.15, 0.2) is 11.0 Å². The number of nitrogens with zero attached hydrogens (tertiary/aromatic N) is 3. The first kappa shape index (κ1) is 9.71. The molecule has 1 fully saturated rings. The van der Waals surface area contributed by atoms with Crippen molar-refractivity contribution < 1.29 is 0 Å². The predicted molar refractivity (Wildman–Crippen MR) is 57.9 cm³/mol. The molecule has 0 bridgehead atoms. The van der Waals surface area contributed by atoms with Crippen molar-refractivity contribution >= 4 is 17.4 Å². The van der Waals surface area contributed by atoms with Crippen LogP contribution in [0, 0.1) is 13.8 Å². The van der Waals surface area contributed by atoms with Gasteiger partial charge >= 0.3 is 0 Å². The summed E-state index contributed by atoms with van der Waals surface area (Å²) in [5, 5.41) is 0.516. The van der Waals surface area contributed by atoms with Crippen LogP contribution in [-0.2, 0) is 0 Å². The quantitative estimate of drug-likeness (QED) is 0.752. The van der Waals surface area contributed by atoms with E-state index >= 15 is 0 Å². The molecule has 14 heavy (non-hydrogen) atoms. The van der Waals surface area contributed by atoms with Crippen LogP contribution in [0.4, 0.5) is 5.82 Å². The van der Waals surface area contributed by atoms with E-state index in [-0.39, 0.29) is 0 Å². The second kappa shape index (κ2) is 3.39. The van der Waals surface area contributed by atoms with Crippen molar-refractivity contribution in [2.75, 3.05) is 11.9 Å². The van der Waals surface area contributed by atoms with Crippen LogP contribution in [0.2, 0.25) is 5.15 Å². The summed E-state index contributed by atoms with van der Waals surface area (Å²) < 4.78 is 0. The van der Waals surface area contributed by atoms with Gasteiger partial charge in [-0.05, 0) is 26.7 Å². The first-order valence-corrected chi connectivity index (χ1v) is 5.21. The van der Waals surface area contributed by atoms with E-state index in [1.807, 2.05) is 20.9 Å². The van der Waals surface area contributed by atoms with Crippen LogP contribution in [0.5, 0.6) is 0 Å². The third-order valence-electron chi connectivity index (χ3n) is 2.68. The minimum Gasteiger partial charge on any atom is -0.354 e. The lowest BCUT2D eigenvalue weighted by molar-refractivity contribution is 0.871. The zero-order chi connectivity index (χ0) is 10.3. The van der Waals surface area contributed by atoms with Crippen LogP contribution in [0.1, 0.15) is 24.2 Å². The first-order chi connectivity index (χ1) is 6.59. The maximum Gasteiger partial charge on any atom is 0.171 e. The zero-order valence-corrected chi connectivity index (χ0v) is 9.47. The molecule has 1 aromatic rings. The lowest BCUT2D eigenvalue weighted by Crippen LogP contribution is -2.22. The van der Waals surface area contributed by atoms with Crippen molar-refractivity contribution in [3.63, 3.8) is 0 Å². The molecule has 0 saturated heterocycles. The summed E-state index contributed by atoms with van der Waals surface area (Å²) in [4.78, 5) is 10.9. The fourth-order valence-corrected chi connectivity index (χ4v) is 1.73. The van der Waals surface area contributed by atoms with Gasteiger partial charge in [0.1, 0.15) is 0 Å². The standard InChI is InChI=1S/C10H14ClN3/c1-6-7(2)13-10(9(11)12-6)14(3)8-4-5-8/h8H,4-5H2,1-3H3. The SMILES string of the molecule is Cc1nc(Cl)c(N(C)C2CC2)nc1C. The molecule has 4 heteroatoms. The zero-order valence-electron chi connectivity index (χ0n) is 8.71. The van der Waals surface area contributed by atoms with E-state index in [1.165, 1.54) is 12.8 Å². The predicted octanol–water partition coefficient (Wildman–Crippen LogP) is 2.35. The Labute approximate surface area is 89.1 Å². The van der Waals surface area contributed by atoms with Crippen LogP contribution >= 0.6 is 11.6 Å². The minimum absolute atomic E-state index is 0.516. The fourth-order valence-electron chi connectivity index (χ4n) is 1.42. The van der Waals surface area contributed by atoms with Gasteiger partial charge in [-0.3, -0.25) is 0 Å². The molecule has 1 aliphatic rings. The molecule has 0 N–H and O–H groups in total. The largest absolute Gasteiger partial charge is 0.354 e. The van der Waals surface area contributed by atoms with E-state index < -0.39 is 0 Å². The Balaban J connectivity index is 2.36. The Morgan fingerprint density at radius 2 is 1.79 bits per heavy atom. The van der Waals surface area contributed by atoms with Crippen LogP contribution in [-0.4, -0.2) is 23.1 Å². The Morgan fingerprint density at radius 3 is 2.36 bits per heavy atom. The number of anilines is 1. The monoisotopic (exact) mass is 211 g/mol. The van der Waals surface area contributed by atoms with Crippen LogP contribution in [0.25, 0.3) is 0 Å². The summed E-state index contributed by atoms with van der Waals surface area (Å²) in [5.41, 5.74) is 1.86. The molecule has 3 nitrogen and oxygen atoms in total. The molecule has 2 rings (SSSR count). The van der Waals surface area contributed by atoms with Crippen LogP contribution in [0.15, 0.2) is 0 Å². The van der Waals surface area contributed by atoms with E-state index in [9.17, 15) is 0 Å². The summed E-state index contributed by atoms with van der Waals surface area (Å²) in [7, 11) is 2.03. The Bertz CT molecular complexity index is 361. The Hall–Kier alpha value is -0.830. The topological polar surface area (TPSA) is 29.0 Å². The number of halogens is 1. The highest BCUT2D eigenvalue weighted by Crippen LogP contribution is 2.32. The summed E-state index contributed by atoms with van der Waals surface area (Å²) >= 11 is 6.05. The van der Waals surface area contributed by atoms with E-state index in [0.717, 1.165) is 17.2 Å². The average molecular weight is 212 g/mol. The molecule has 0 atom stereocenters. The maximum atomic E-state index is 6.05. The Kier molecular flexibility index (Phi) is 2.35. The number of hydrogen-bond acceptors (Lipinski definition) is 3. The van der Waals surface area contributed by atoms with Gasteiger partial charge in [0.25, 0.3) is 0 Å². The number of aryl methyl sites for hydroxylation is 2.